The SMILES string of the molecule is O=C(Nc1ccc(Cl)cc1N1CCN(CCC(F)(F)F)CC1)c1ccc2c(c1)CN(C(=O)O)CC2. The summed E-state index contributed by atoms with van der Waals surface area (Å²) >= 11 is 6.21. The molecule has 7 nitrogen and oxygen atoms in total. The Morgan fingerprint density at radius 2 is 1.74 bits per heavy atom. The second kappa shape index (κ2) is 10.3. The van der Waals surface area contributed by atoms with Gasteiger partial charge in [-0.15, -0.1) is 0 Å². The number of fused-ring (bicyclic) bond motifs is 1. The van der Waals surface area contributed by atoms with E-state index < -0.39 is 18.7 Å². The third kappa shape index (κ3) is 6.37. The van der Waals surface area contributed by atoms with Crippen LogP contribution < -0.4 is 10.2 Å². The molecule has 2 heterocycles. The van der Waals surface area contributed by atoms with E-state index in [0.717, 1.165) is 11.1 Å². The van der Waals surface area contributed by atoms with E-state index in [9.17, 15) is 27.9 Å². The molecule has 2 aliphatic heterocycles. The number of carboxylic acid groups (broad SMARTS) is 1. The predicted molar refractivity (Wildman–Crippen MR) is 127 cm³/mol. The summed E-state index contributed by atoms with van der Waals surface area (Å²) in [5.74, 6) is -0.340. The number of carbonyl (C=O) groups is 2. The highest BCUT2D eigenvalue weighted by Gasteiger charge is 2.29. The molecule has 2 amide bonds. The molecule has 0 unspecified atom stereocenters. The lowest BCUT2D eigenvalue weighted by Crippen LogP contribution is -2.47. The molecule has 0 radical (unpaired) electrons. The third-order valence-electron chi connectivity index (χ3n) is 6.38. The fourth-order valence-corrected chi connectivity index (χ4v) is 4.59. The Bertz CT molecular complexity index is 1100. The normalized spacial score (nSPS) is 16.7. The Labute approximate surface area is 206 Å². The van der Waals surface area contributed by atoms with E-state index in [2.05, 4.69) is 5.32 Å². The smallest absolute Gasteiger partial charge is 0.407 e. The zero-order valence-corrected chi connectivity index (χ0v) is 19.7. The first-order valence-electron chi connectivity index (χ1n) is 11.3. The highest BCUT2D eigenvalue weighted by molar-refractivity contribution is 6.31. The average molecular weight is 511 g/mol. The number of rotatable bonds is 5. The van der Waals surface area contributed by atoms with Gasteiger partial charge in [0, 0.05) is 56.4 Å². The fraction of sp³-hybridized carbons (Fsp3) is 0.417. The third-order valence-corrected chi connectivity index (χ3v) is 6.62. The molecule has 2 N–H and O–H groups in total. The first kappa shape index (κ1) is 25.1. The monoisotopic (exact) mass is 510 g/mol. The Kier molecular flexibility index (Phi) is 7.42. The van der Waals surface area contributed by atoms with Crippen LogP contribution in [-0.4, -0.2) is 72.4 Å². The first-order chi connectivity index (χ1) is 16.6. The van der Waals surface area contributed by atoms with Gasteiger partial charge >= 0.3 is 12.3 Å². The number of alkyl halides is 3. The molecule has 0 spiro atoms. The van der Waals surface area contributed by atoms with Crippen LogP contribution in [0.2, 0.25) is 5.02 Å². The van der Waals surface area contributed by atoms with E-state index >= 15 is 0 Å². The van der Waals surface area contributed by atoms with E-state index in [1.165, 1.54) is 4.90 Å². The van der Waals surface area contributed by atoms with Gasteiger partial charge in [0.2, 0.25) is 0 Å². The molecule has 4 rings (SSSR count). The maximum Gasteiger partial charge on any atom is 0.407 e. The van der Waals surface area contributed by atoms with Gasteiger partial charge in [0.1, 0.15) is 0 Å². The van der Waals surface area contributed by atoms with Crippen LogP contribution in [0.1, 0.15) is 27.9 Å². The van der Waals surface area contributed by atoms with E-state index in [1.807, 2.05) is 11.0 Å². The van der Waals surface area contributed by atoms with Gasteiger partial charge in [-0.05, 0) is 47.9 Å². The molecule has 0 bridgehead atoms. The number of carbonyl (C=O) groups excluding carboxylic acids is 1. The van der Waals surface area contributed by atoms with Crippen LogP contribution in [0.3, 0.4) is 0 Å². The van der Waals surface area contributed by atoms with Crippen LogP contribution >= 0.6 is 11.6 Å². The van der Waals surface area contributed by atoms with Crippen LogP contribution in [0.25, 0.3) is 0 Å². The molecule has 188 valence electrons. The van der Waals surface area contributed by atoms with Gasteiger partial charge in [-0.25, -0.2) is 4.79 Å². The zero-order valence-electron chi connectivity index (χ0n) is 18.9. The van der Waals surface area contributed by atoms with Gasteiger partial charge in [-0.2, -0.15) is 13.2 Å². The molecule has 0 saturated carbocycles. The summed E-state index contributed by atoms with van der Waals surface area (Å²) < 4.78 is 37.6. The first-order valence-corrected chi connectivity index (χ1v) is 11.7. The number of hydrogen-bond donors (Lipinski definition) is 2. The summed E-state index contributed by atoms with van der Waals surface area (Å²) in [5, 5.41) is 12.7. The molecule has 0 atom stereocenters. The van der Waals surface area contributed by atoms with Crippen molar-refractivity contribution in [2.75, 3.05) is 49.5 Å². The number of piperazine rings is 1. The Balaban J connectivity index is 1.45. The molecule has 2 aromatic rings. The van der Waals surface area contributed by atoms with Gasteiger partial charge in [-0.3, -0.25) is 9.69 Å². The second-order valence-corrected chi connectivity index (χ2v) is 9.18. The molecule has 1 fully saturated rings. The molecule has 35 heavy (non-hydrogen) atoms. The minimum atomic E-state index is -4.18. The van der Waals surface area contributed by atoms with Gasteiger partial charge in [0.15, 0.2) is 0 Å². The lowest BCUT2D eigenvalue weighted by Gasteiger charge is -2.37. The van der Waals surface area contributed by atoms with Crippen molar-refractivity contribution in [1.29, 1.82) is 0 Å². The molecular formula is C24H26ClF3N4O3. The maximum atomic E-state index is 13.1. The average Bonchev–Trinajstić information content (AvgIpc) is 2.83. The molecule has 11 heteroatoms. The highest BCUT2D eigenvalue weighted by atomic mass is 35.5. The minimum Gasteiger partial charge on any atom is -0.465 e. The van der Waals surface area contributed by atoms with Crippen molar-refractivity contribution in [2.45, 2.75) is 25.6 Å². The largest absolute Gasteiger partial charge is 0.465 e. The summed E-state index contributed by atoms with van der Waals surface area (Å²) in [5.41, 5.74) is 3.49. The van der Waals surface area contributed by atoms with Gasteiger partial charge in [0.25, 0.3) is 5.91 Å². The number of halogens is 4. The number of nitrogens with one attached hydrogen (secondary N) is 1. The summed E-state index contributed by atoms with van der Waals surface area (Å²) in [6, 6.07) is 10.4. The Morgan fingerprint density at radius 3 is 2.43 bits per heavy atom. The van der Waals surface area contributed by atoms with E-state index in [4.69, 9.17) is 11.6 Å². The van der Waals surface area contributed by atoms with Gasteiger partial charge < -0.3 is 20.2 Å². The van der Waals surface area contributed by atoms with Crippen molar-refractivity contribution in [1.82, 2.24) is 9.80 Å². The molecule has 0 aromatic heterocycles. The van der Waals surface area contributed by atoms with Crippen LogP contribution in [0, 0.1) is 0 Å². The number of amides is 2. The van der Waals surface area contributed by atoms with Gasteiger partial charge in [0.05, 0.1) is 17.8 Å². The van der Waals surface area contributed by atoms with Crippen molar-refractivity contribution in [3.05, 3.63) is 58.1 Å². The van der Waals surface area contributed by atoms with Gasteiger partial charge in [-0.1, -0.05) is 17.7 Å². The maximum absolute atomic E-state index is 13.1. The Morgan fingerprint density at radius 1 is 1.00 bits per heavy atom. The number of hydrogen-bond acceptors (Lipinski definition) is 4. The lowest BCUT2D eigenvalue weighted by atomic mass is 9.97. The summed E-state index contributed by atoms with van der Waals surface area (Å²) in [7, 11) is 0. The standard InChI is InChI=1S/C24H26ClF3N4O3/c25-19-3-4-20(21(14-19)31-11-9-30(10-12-31)8-6-24(26,27)28)29-22(33)17-2-1-16-5-7-32(23(34)35)15-18(16)13-17/h1-4,13-14H,5-12,15H2,(H,29,33)(H,34,35). The van der Waals surface area contributed by atoms with E-state index in [-0.39, 0.29) is 19.0 Å². The summed E-state index contributed by atoms with van der Waals surface area (Å²) in [6.45, 7) is 2.58. The number of anilines is 2. The molecule has 2 aromatic carbocycles. The van der Waals surface area contributed by atoms with Crippen molar-refractivity contribution in [3.8, 4) is 0 Å². The lowest BCUT2D eigenvalue weighted by molar-refractivity contribution is -0.138. The van der Waals surface area contributed by atoms with Crippen LogP contribution in [0.5, 0.6) is 0 Å². The van der Waals surface area contributed by atoms with Crippen molar-refractivity contribution in [2.24, 2.45) is 0 Å². The van der Waals surface area contributed by atoms with E-state index in [1.54, 1.807) is 35.2 Å². The Hall–Kier alpha value is -2.98. The molecule has 0 aliphatic carbocycles. The van der Waals surface area contributed by atoms with Crippen molar-refractivity contribution < 1.29 is 27.9 Å². The van der Waals surface area contributed by atoms with Crippen molar-refractivity contribution in [3.63, 3.8) is 0 Å². The molecular weight excluding hydrogens is 485 g/mol. The highest BCUT2D eigenvalue weighted by Crippen LogP contribution is 2.31. The minimum absolute atomic E-state index is 0.0336. The second-order valence-electron chi connectivity index (χ2n) is 8.75. The number of benzene rings is 2. The summed E-state index contributed by atoms with van der Waals surface area (Å²) in [6.07, 6.45) is -5.41. The topological polar surface area (TPSA) is 76.1 Å². The van der Waals surface area contributed by atoms with Crippen LogP contribution in [0.15, 0.2) is 36.4 Å². The van der Waals surface area contributed by atoms with Crippen molar-refractivity contribution >= 4 is 35.0 Å². The number of nitrogens with zero attached hydrogens (tertiary/aromatic N) is 3. The van der Waals surface area contributed by atoms with Crippen LogP contribution in [-0.2, 0) is 13.0 Å². The quantitative estimate of drug-likeness (QED) is 0.609. The van der Waals surface area contributed by atoms with E-state index in [0.29, 0.717) is 61.1 Å². The summed E-state index contributed by atoms with van der Waals surface area (Å²) in [4.78, 5) is 29.5. The zero-order chi connectivity index (χ0) is 25.2. The predicted octanol–water partition coefficient (Wildman–Crippen LogP) is 4.70. The molecule has 2 aliphatic rings. The molecule has 1 saturated heterocycles. The fourth-order valence-electron chi connectivity index (χ4n) is 4.43. The van der Waals surface area contributed by atoms with Crippen LogP contribution in [0.4, 0.5) is 29.3 Å².